The summed E-state index contributed by atoms with van der Waals surface area (Å²) in [6, 6.07) is 7.77. The Labute approximate surface area is 127 Å². The highest BCUT2D eigenvalue weighted by Crippen LogP contribution is 2.28. The lowest BCUT2D eigenvalue weighted by atomic mass is 10.1. The molecule has 1 amide bonds. The van der Waals surface area contributed by atoms with E-state index < -0.39 is 16.6 Å². The van der Waals surface area contributed by atoms with Gasteiger partial charge in [0.25, 0.3) is 11.6 Å². The van der Waals surface area contributed by atoms with E-state index in [1.54, 1.807) is 0 Å². The largest absolute Gasteiger partial charge is 0.396 e. The summed E-state index contributed by atoms with van der Waals surface area (Å²) in [5.41, 5.74) is 5.43. The fourth-order valence-corrected chi connectivity index (χ4v) is 2.11. The molecule has 0 aliphatic carbocycles. The zero-order valence-electron chi connectivity index (χ0n) is 10.5. The van der Waals surface area contributed by atoms with Crippen molar-refractivity contribution in [1.29, 1.82) is 0 Å². The van der Waals surface area contributed by atoms with Crippen LogP contribution >= 0.6 is 15.9 Å². The fourth-order valence-electron chi connectivity index (χ4n) is 1.64. The molecule has 2 aromatic carbocycles. The van der Waals surface area contributed by atoms with Gasteiger partial charge in [-0.1, -0.05) is 6.07 Å². The van der Waals surface area contributed by atoms with E-state index in [0.717, 1.165) is 6.07 Å². The summed E-state index contributed by atoms with van der Waals surface area (Å²) >= 11 is 3.12. The molecule has 0 unspecified atom stereocenters. The average Bonchev–Trinajstić information content (AvgIpc) is 2.43. The van der Waals surface area contributed by atoms with Gasteiger partial charge in [-0.25, -0.2) is 4.39 Å². The number of benzene rings is 2. The van der Waals surface area contributed by atoms with Gasteiger partial charge in [0.05, 0.1) is 21.9 Å². The fraction of sp³-hybridized carbons (Fsp3) is 0. The van der Waals surface area contributed by atoms with Crippen LogP contribution in [0.25, 0.3) is 0 Å². The predicted octanol–water partition coefficient (Wildman–Crippen LogP) is 3.33. The molecule has 2 rings (SSSR count). The highest BCUT2D eigenvalue weighted by molar-refractivity contribution is 9.10. The summed E-state index contributed by atoms with van der Waals surface area (Å²) in [4.78, 5) is 22.1. The number of carbonyl (C=O) groups is 1. The first-order chi connectivity index (χ1) is 9.90. The van der Waals surface area contributed by atoms with Crippen LogP contribution in [-0.4, -0.2) is 10.8 Å². The summed E-state index contributed by atoms with van der Waals surface area (Å²) in [6.45, 7) is 0. The van der Waals surface area contributed by atoms with Gasteiger partial charge in [0.2, 0.25) is 0 Å². The number of amides is 1. The van der Waals surface area contributed by atoms with Crippen molar-refractivity contribution in [1.82, 2.24) is 0 Å². The van der Waals surface area contributed by atoms with Gasteiger partial charge < -0.3 is 11.1 Å². The Balaban J connectivity index is 2.28. The van der Waals surface area contributed by atoms with E-state index in [-0.39, 0.29) is 16.9 Å². The number of para-hydroxylation sites is 1. The van der Waals surface area contributed by atoms with Crippen molar-refractivity contribution in [2.45, 2.75) is 0 Å². The van der Waals surface area contributed by atoms with E-state index in [4.69, 9.17) is 5.73 Å². The molecule has 3 N–H and O–H groups in total. The van der Waals surface area contributed by atoms with E-state index in [2.05, 4.69) is 21.2 Å². The number of nitrogens with one attached hydrogen (secondary N) is 1. The molecule has 0 fully saturated rings. The molecule has 2 aromatic rings. The molecule has 8 heteroatoms. The quantitative estimate of drug-likeness (QED) is 0.502. The van der Waals surface area contributed by atoms with Crippen LogP contribution < -0.4 is 11.1 Å². The number of anilines is 2. The first kappa shape index (κ1) is 14.9. The third kappa shape index (κ3) is 3.16. The normalized spacial score (nSPS) is 10.2. The van der Waals surface area contributed by atoms with Crippen LogP contribution in [0.3, 0.4) is 0 Å². The van der Waals surface area contributed by atoms with Crippen molar-refractivity contribution in [3.8, 4) is 0 Å². The Morgan fingerprint density at radius 3 is 2.67 bits per heavy atom. The molecule has 0 radical (unpaired) electrons. The Bertz CT molecular complexity index is 737. The molecule has 0 aliphatic heterocycles. The third-order valence-corrected chi connectivity index (χ3v) is 3.37. The molecular weight excluding hydrogens is 345 g/mol. The van der Waals surface area contributed by atoms with Gasteiger partial charge in [-0.2, -0.15) is 0 Å². The summed E-state index contributed by atoms with van der Waals surface area (Å²) < 4.78 is 13.6. The van der Waals surface area contributed by atoms with Crippen LogP contribution in [0.1, 0.15) is 10.4 Å². The van der Waals surface area contributed by atoms with Gasteiger partial charge in [0, 0.05) is 16.6 Å². The van der Waals surface area contributed by atoms with Gasteiger partial charge in [-0.05, 0) is 34.1 Å². The van der Waals surface area contributed by atoms with E-state index in [0.29, 0.717) is 10.2 Å². The molecule has 0 heterocycles. The Kier molecular flexibility index (Phi) is 4.18. The number of nitrogen functional groups attached to an aromatic ring is 1. The zero-order chi connectivity index (χ0) is 15.6. The maximum Gasteiger partial charge on any atom is 0.270 e. The minimum atomic E-state index is -0.689. The molecular formula is C13H9BrFN3O3. The van der Waals surface area contributed by atoms with Crippen molar-refractivity contribution >= 4 is 38.9 Å². The van der Waals surface area contributed by atoms with E-state index in [1.807, 2.05) is 0 Å². The molecule has 108 valence electrons. The van der Waals surface area contributed by atoms with Crippen LogP contribution in [0.5, 0.6) is 0 Å². The van der Waals surface area contributed by atoms with Gasteiger partial charge >= 0.3 is 0 Å². The average molecular weight is 354 g/mol. The van der Waals surface area contributed by atoms with Crippen LogP contribution in [0.2, 0.25) is 0 Å². The van der Waals surface area contributed by atoms with Crippen molar-refractivity contribution < 1.29 is 14.1 Å². The van der Waals surface area contributed by atoms with Crippen LogP contribution in [0.15, 0.2) is 40.9 Å². The Hall–Kier alpha value is -2.48. The van der Waals surface area contributed by atoms with Crippen LogP contribution in [0.4, 0.5) is 21.5 Å². The number of halogens is 2. The monoisotopic (exact) mass is 353 g/mol. The minimum absolute atomic E-state index is 0.0137. The van der Waals surface area contributed by atoms with Gasteiger partial charge in [-0.15, -0.1) is 0 Å². The number of non-ortho nitro benzene ring substituents is 1. The van der Waals surface area contributed by atoms with Gasteiger partial charge in [0.15, 0.2) is 0 Å². The van der Waals surface area contributed by atoms with Crippen molar-refractivity contribution in [2.24, 2.45) is 0 Å². The predicted molar refractivity (Wildman–Crippen MR) is 79.6 cm³/mol. The van der Waals surface area contributed by atoms with E-state index in [1.165, 1.54) is 30.3 Å². The highest BCUT2D eigenvalue weighted by atomic mass is 79.9. The number of hydrogen-bond donors (Lipinski definition) is 2. The molecule has 21 heavy (non-hydrogen) atoms. The Morgan fingerprint density at radius 2 is 2.05 bits per heavy atom. The van der Waals surface area contributed by atoms with E-state index >= 15 is 0 Å². The summed E-state index contributed by atoms with van der Waals surface area (Å²) in [7, 11) is 0. The molecule has 0 aliphatic rings. The third-order valence-electron chi connectivity index (χ3n) is 2.71. The number of nitro groups is 1. The number of rotatable bonds is 3. The van der Waals surface area contributed by atoms with Gasteiger partial charge in [0.1, 0.15) is 5.82 Å². The van der Waals surface area contributed by atoms with Gasteiger partial charge in [-0.3, -0.25) is 14.9 Å². The first-order valence-electron chi connectivity index (χ1n) is 5.69. The number of carbonyl (C=O) groups excluding carboxylic acids is 1. The van der Waals surface area contributed by atoms with Crippen molar-refractivity contribution in [3.63, 3.8) is 0 Å². The maximum atomic E-state index is 13.3. The molecule has 0 saturated carbocycles. The number of nitrogens with two attached hydrogens (primary N) is 1. The lowest BCUT2D eigenvalue weighted by molar-refractivity contribution is -0.384. The summed E-state index contributed by atoms with van der Waals surface area (Å²) in [6.07, 6.45) is 0. The van der Waals surface area contributed by atoms with Crippen LogP contribution in [-0.2, 0) is 0 Å². The second kappa shape index (κ2) is 5.88. The lowest BCUT2D eigenvalue weighted by Gasteiger charge is -2.09. The molecule has 0 bridgehead atoms. The zero-order valence-corrected chi connectivity index (χ0v) is 12.1. The Morgan fingerprint density at radius 1 is 1.33 bits per heavy atom. The first-order valence-corrected chi connectivity index (χ1v) is 6.48. The highest BCUT2D eigenvalue weighted by Gasteiger charge is 2.15. The second-order valence-corrected chi connectivity index (χ2v) is 4.93. The lowest BCUT2D eigenvalue weighted by Crippen LogP contribution is -2.15. The minimum Gasteiger partial charge on any atom is -0.396 e. The smallest absolute Gasteiger partial charge is 0.270 e. The van der Waals surface area contributed by atoms with Crippen molar-refractivity contribution in [3.05, 3.63) is 62.4 Å². The SMILES string of the molecule is Nc1c(F)cccc1C(=O)Nc1ccc([N+](=O)[O-])cc1Br. The standard InChI is InChI=1S/C13H9BrFN3O3/c14-9-6-7(18(20)21)4-5-11(9)17-13(19)8-2-1-3-10(15)12(8)16/h1-6H,16H2,(H,17,19). The topological polar surface area (TPSA) is 98.3 Å². The second-order valence-electron chi connectivity index (χ2n) is 4.08. The maximum absolute atomic E-state index is 13.3. The summed E-state index contributed by atoms with van der Waals surface area (Å²) in [5.74, 6) is -1.30. The van der Waals surface area contributed by atoms with E-state index in [9.17, 15) is 19.3 Å². The number of nitrogens with zero attached hydrogens (tertiary/aromatic N) is 1. The molecule has 0 atom stereocenters. The number of hydrogen-bond acceptors (Lipinski definition) is 4. The van der Waals surface area contributed by atoms with Crippen molar-refractivity contribution in [2.75, 3.05) is 11.1 Å². The summed E-state index contributed by atoms with van der Waals surface area (Å²) in [5, 5.41) is 13.1. The van der Waals surface area contributed by atoms with Crippen LogP contribution in [0, 0.1) is 15.9 Å². The molecule has 0 aromatic heterocycles. The number of nitro benzene ring substituents is 1. The molecule has 0 saturated heterocycles. The molecule has 6 nitrogen and oxygen atoms in total. The molecule has 0 spiro atoms.